The van der Waals surface area contributed by atoms with Gasteiger partial charge in [-0.1, -0.05) is 140 Å². The Morgan fingerprint density at radius 1 is 0.451 bits per heavy atom. The summed E-state index contributed by atoms with van der Waals surface area (Å²) >= 11 is 1.72. The Morgan fingerprint density at radius 3 is 1.94 bits per heavy atom. The van der Waals surface area contributed by atoms with Crippen molar-refractivity contribution < 1.29 is 4.42 Å². The number of rotatable bonds is 2. The molecule has 8 aromatic carbocycles. The number of nitrogens with zero attached hydrogens (tertiary/aromatic N) is 3. The van der Waals surface area contributed by atoms with Gasteiger partial charge in [0.05, 0.1) is 11.2 Å². The van der Waals surface area contributed by atoms with Crippen molar-refractivity contribution in [2.45, 2.75) is 0 Å². The second-order valence-electron chi connectivity index (χ2n) is 13.3. The first-order valence-electron chi connectivity index (χ1n) is 17.2. The maximum absolute atomic E-state index is 6.91. The van der Waals surface area contributed by atoms with E-state index in [1.165, 1.54) is 31.6 Å². The predicted octanol–water partition coefficient (Wildman–Crippen LogP) is 13.0. The minimum atomic E-state index is 0.630. The number of hydrogen-bond donors (Lipinski definition) is 0. The van der Waals surface area contributed by atoms with Gasteiger partial charge in [0.15, 0.2) is 5.58 Å². The van der Waals surface area contributed by atoms with E-state index in [2.05, 4.69) is 150 Å². The van der Waals surface area contributed by atoms with Crippen LogP contribution in [0, 0.1) is 0 Å². The molecule has 0 fully saturated rings. The molecule has 12 rings (SSSR count). The summed E-state index contributed by atoms with van der Waals surface area (Å²) in [5, 5.41) is 13.8. The minimum absolute atomic E-state index is 0.630. The molecule has 0 saturated carbocycles. The molecule has 5 heteroatoms. The van der Waals surface area contributed by atoms with E-state index in [9.17, 15) is 0 Å². The number of para-hydroxylation sites is 1. The first-order valence-corrected chi connectivity index (χ1v) is 18.0. The van der Waals surface area contributed by atoms with Gasteiger partial charge in [0.2, 0.25) is 5.95 Å². The maximum atomic E-state index is 6.91. The topological polar surface area (TPSA) is 43.9 Å². The van der Waals surface area contributed by atoms with Crippen molar-refractivity contribution in [2.24, 2.45) is 0 Å². The summed E-state index contributed by atoms with van der Waals surface area (Å²) in [6.45, 7) is 0. The third-order valence-corrected chi connectivity index (χ3v) is 11.7. The van der Waals surface area contributed by atoms with Crippen molar-refractivity contribution >= 4 is 108 Å². The summed E-state index contributed by atoms with van der Waals surface area (Å²) in [5.74, 6) is 0.630. The summed E-state index contributed by atoms with van der Waals surface area (Å²) < 4.78 is 10.4. The van der Waals surface area contributed by atoms with Gasteiger partial charge in [-0.2, -0.15) is 0 Å². The smallest absolute Gasteiger partial charge is 0.236 e. The molecule has 4 nitrogen and oxygen atoms in total. The highest BCUT2D eigenvalue weighted by Gasteiger charge is 2.26. The number of fused-ring (bicyclic) bond motifs is 16. The van der Waals surface area contributed by atoms with Gasteiger partial charge in [0.25, 0.3) is 0 Å². The second kappa shape index (κ2) is 10.0. The molecule has 0 atom stereocenters. The normalized spacial score (nSPS) is 12.3. The molecule has 4 heterocycles. The van der Waals surface area contributed by atoms with E-state index in [0.29, 0.717) is 5.95 Å². The van der Waals surface area contributed by atoms with Gasteiger partial charge in [-0.15, -0.1) is 11.3 Å². The van der Waals surface area contributed by atoms with Crippen LogP contribution >= 0.6 is 11.3 Å². The van der Waals surface area contributed by atoms with Gasteiger partial charge in [-0.05, 0) is 39.1 Å². The van der Waals surface area contributed by atoms with Crippen LogP contribution in [0.5, 0.6) is 0 Å². The maximum Gasteiger partial charge on any atom is 0.236 e. The van der Waals surface area contributed by atoms with Gasteiger partial charge in [-0.25, -0.2) is 9.97 Å². The SMILES string of the molecule is c1ccc2c(-c3nc(-n4c5c6ccccc6ccc5c5c6ccccc6c6c7ccccc7oc6c54)nc4sc5ccccc5c34)cccc2c1. The molecule has 0 aliphatic heterocycles. The summed E-state index contributed by atoms with van der Waals surface area (Å²) in [7, 11) is 0. The second-order valence-corrected chi connectivity index (χ2v) is 14.3. The van der Waals surface area contributed by atoms with E-state index in [1.807, 2.05) is 6.07 Å². The Bertz CT molecular complexity index is 3430. The molecular formula is C46H25N3OS. The van der Waals surface area contributed by atoms with E-state index in [0.717, 1.165) is 76.0 Å². The number of benzene rings is 8. The number of hydrogen-bond acceptors (Lipinski definition) is 4. The van der Waals surface area contributed by atoms with E-state index < -0.39 is 0 Å². The van der Waals surface area contributed by atoms with Crippen LogP contribution in [-0.4, -0.2) is 14.5 Å². The average molecular weight is 668 g/mol. The molecule has 0 saturated heterocycles. The Kier molecular flexibility index (Phi) is 5.35. The first kappa shape index (κ1) is 27.3. The van der Waals surface area contributed by atoms with E-state index in [4.69, 9.17) is 14.4 Å². The standard InChI is InChI=1S/C46H25N3OS/c1-3-15-28-26(12-1)14-11-21-32(28)41-40-34-20-8-10-23-37(34)51-45(40)48-46(47-41)49-42-29-16-4-2-13-27(29)24-25-35(42)38-30-17-5-6-18-31(30)39-33-19-7-9-22-36(33)50-44(39)43(38)49/h1-25H. The largest absolute Gasteiger partial charge is 0.454 e. The van der Waals surface area contributed by atoms with Crippen LogP contribution in [0.15, 0.2) is 156 Å². The van der Waals surface area contributed by atoms with Gasteiger partial charge >= 0.3 is 0 Å². The summed E-state index contributed by atoms with van der Waals surface area (Å²) in [6.07, 6.45) is 0. The van der Waals surface area contributed by atoms with Gasteiger partial charge < -0.3 is 4.42 Å². The minimum Gasteiger partial charge on any atom is -0.454 e. The molecule has 0 unspecified atom stereocenters. The van der Waals surface area contributed by atoms with Crippen molar-refractivity contribution in [1.29, 1.82) is 0 Å². The molecule has 0 aliphatic carbocycles. The highest BCUT2D eigenvalue weighted by molar-refractivity contribution is 7.25. The zero-order chi connectivity index (χ0) is 33.2. The van der Waals surface area contributed by atoms with Crippen LogP contribution in [0.3, 0.4) is 0 Å². The monoisotopic (exact) mass is 667 g/mol. The van der Waals surface area contributed by atoms with Crippen LogP contribution in [0.25, 0.3) is 114 Å². The fourth-order valence-electron chi connectivity index (χ4n) is 8.47. The van der Waals surface area contributed by atoms with E-state index in [1.54, 1.807) is 11.3 Å². The van der Waals surface area contributed by atoms with Crippen molar-refractivity contribution in [3.05, 3.63) is 152 Å². The molecule has 0 bridgehead atoms. The molecular weight excluding hydrogens is 643 g/mol. The lowest BCUT2D eigenvalue weighted by Crippen LogP contribution is -2.03. The van der Waals surface area contributed by atoms with Crippen molar-refractivity contribution in [2.75, 3.05) is 0 Å². The van der Waals surface area contributed by atoms with E-state index >= 15 is 0 Å². The Balaban J connectivity index is 1.35. The zero-order valence-corrected chi connectivity index (χ0v) is 27.9. The van der Waals surface area contributed by atoms with Crippen LogP contribution in [0.2, 0.25) is 0 Å². The molecule has 0 N–H and O–H groups in total. The lowest BCUT2D eigenvalue weighted by Gasteiger charge is -2.13. The van der Waals surface area contributed by atoms with Crippen molar-refractivity contribution in [1.82, 2.24) is 14.5 Å². The van der Waals surface area contributed by atoms with Crippen LogP contribution in [-0.2, 0) is 0 Å². The molecule has 0 spiro atoms. The molecule has 0 amide bonds. The van der Waals surface area contributed by atoms with E-state index in [-0.39, 0.29) is 0 Å². The average Bonchev–Trinajstić information content (AvgIpc) is 3.87. The number of aromatic nitrogens is 3. The lowest BCUT2D eigenvalue weighted by molar-refractivity contribution is 0.671. The van der Waals surface area contributed by atoms with Crippen molar-refractivity contribution in [3.8, 4) is 17.2 Å². The molecule has 0 aliphatic rings. The van der Waals surface area contributed by atoms with Gasteiger partial charge in [-0.3, -0.25) is 4.57 Å². The third kappa shape index (κ3) is 3.63. The quantitative estimate of drug-likeness (QED) is 0.184. The Hall–Kier alpha value is -6.56. The molecule has 0 radical (unpaired) electrons. The van der Waals surface area contributed by atoms with Crippen LogP contribution < -0.4 is 0 Å². The summed E-state index contributed by atoms with van der Waals surface area (Å²) in [4.78, 5) is 12.1. The summed E-state index contributed by atoms with van der Waals surface area (Å²) in [5.41, 5.74) is 5.79. The van der Waals surface area contributed by atoms with Crippen molar-refractivity contribution in [3.63, 3.8) is 0 Å². The Morgan fingerprint density at radius 2 is 1.10 bits per heavy atom. The fraction of sp³-hybridized carbons (Fsp3) is 0. The molecule has 236 valence electrons. The zero-order valence-electron chi connectivity index (χ0n) is 27.1. The predicted molar refractivity (Wildman–Crippen MR) is 214 cm³/mol. The molecule has 4 aromatic heterocycles. The molecule has 51 heavy (non-hydrogen) atoms. The van der Waals surface area contributed by atoms with Gasteiger partial charge in [0.1, 0.15) is 15.9 Å². The first-order chi connectivity index (χ1) is 25.3. The lowest BCUT2D eigenvalue weighted by atomic mass is 9.98. The highest BCUT2D eigenvalue weighted by atomic mass is 32.1. The Labute approximate surface area is 294 Å². The third-order valence-electron chi connectivity index (χ3n) is 10.6. The summed E-state index contributed by atoms with van der Waals surface area (Å²) in [6, 6.07) is 53.9. The van der Waals surface area contributed by atoms with Crippen LogP contribution in [0.1, 0.15) is 0 Å². The molecule has 12 aromatic rings. The number of furan rings is 1. The number of thiophene rings is 1. The highest BCUT2D eigenvalue weighted by Crippen LogP contribution is 2.48. The van der Waals surface area contributed by atoms with Gasteiger partial charge in [0, 0.05) is 48.0 Å². The fourth-order valence-corrected chi connectivity index (χ4v) is 9.55. The van der Waals surface area contributed by atoms with Crippen LogP contribution in [0.4, 0.5) is 0 Å².